The number of rotatable bonds is 6. The van der Waals surface area contributed by atoms with Gasteiger partial charge in [-0.25, -0.2) is 4.98 Å². The van der Waals surface area contributed by atoms with Crippen molar-refractivity contribution in [3.63, 3.8) is 0 Å². The number of aromatic nitrogens is 1. The van der Waals surface area contributed by atoms with Crippen LogP contribution in [0.5, 0.6) is 0 Å². The SMILES string of the molecule is CNC(C)(CO)CCSc1ccccn1. The lowest BCUT2D eigenvalue weighted by Gasteiger charge is -2.26. The van der Waals surface area contributed by atoms with E-state index in [1.165, 1.54) is 0 Å². The highest BCUT2D eigenvalue weighted by molar-refractivity contribution is 7.99. The van der Waals surface area contributed by atoms with Crippen LogP contribution in [0.1, 0.15) is 13.3 Å². The van der Waals surface area contributed by atoms with Crippen LogP contribution in [0.2, 0.25) is 0 Å². The molecule has 1 heterocycles. The second-order valence-electron chi connectivity index (χ2n) is 3.74. The molecule has 0 amide bonds. The van der Waals surface area contributed by atoms with Crippen molar-refractivity contribution in [3.05, 3.63) is 24.4 Å². The number of aliphatic hydroxyl groups is 1. The van der Waals surface area contributed by atoms with E-state index >= 15 is 0 Å². The summed E-state index contributed by atoms with van der Waals surface area (Å²) in [5, 5.41) is 13.4. The highest BCUT2D eigenvalue weighted by Crippen LogP contribution is 2.19. The van der Waals surface area contributed by atoms with E-state index in [1.807, 2.05) is 32.2 Å². The topological polar surface area (TPSA) is 45.1 Å². The van der Waals surface area contributed by atoms with E-state index in [4.69, 9.17) is 0 Å². The van der Waals surface area contributed by atoms with Crippen LogP contribution >= 0.6 is 11.8 Å². The molecule has 1 aromatic rings. The predicted octanol–water partition coefficient (Wildman–Crippen LogP) is 1.53. The van der Waals surface area contributed by atoms with Crippen molar-refractivity contribution in [2.75, 3.05) is 19.4 Å². The predicted molar refractivity (Wildman–Crippen MR) is 64.1 cm³/mol. The number of pyridine rings is 1. The maximum absolute atomic E-state index is 9.20. The molecule has 1 rings (SSSR count). The minimum Gasteiger partial charge on any atom is -0.394 e. The molecule has 3 nitrogen and oxygen atoms in total. The van der Waals surface area contributed by atoms with Gasteiger partial charge < -0.3 is 10.4 Å². The lowest BCUT2D eigenvalue weighted by molar-refractivity contribution is 0.179. The lowest BCUT2D eigenvalue weighted by Crippen LogP contribution is -2.43. The minimum absolute atomic E-state index is 0.159. The Morgan fingerprint density at radius 2 is 2.33 bits per heavy atom. The highest BCUT2D eigenvalue weighted by atomic mass is 32.2. The van der Waals surface area contributed by atoms with E-state index in [-0.39, 0.29) is 12.1 Å². The number of nitrogens with one attached hydrogen (secondary N) is 1. The molecule has 84 valence electrons. The average Bonchev–Trinajstić information content (AvgIpc) is 2.30. The van der Waals surface area contributed by atoms with Crippen LogP contribution in [0.4, 0.5) is 0 Å². The maximum atomic E-state index is 9.20. The zero-order valence-electron chi connectivity index (χ0n) is 9.23. The minimum atomic E-state index is -0.179. The molecular weight excluding hydrogens is 208 g/mol. The summed E-state index contributed by atoms with van der Waals surface area (Å²) < 4.78 is 0. The first kappa shape index (κ1) is 12.5. The Morgan fingerprint density at radius 1 is 1.53 bits per heavy atom. The summed E-state index contributed by atoms with van der Waals surface area (Å²) in [6.45, 7) is 2.18. The third-order valence-corrected chi connectivity index (χ3v) is 3.44. The van der Waals surface area contributed by atoms with Gasteiger partial charge in [0, 0.05) is 17.5 Å². The molecule has 0 saturated carbocycles. The van der Waals surface area contributed by atoms with Crippen LogP contribution in [0.25, 0.3) is 0 Å². The van der Waals surface area contributed by atoms with Crippen molar-refractivity contribution in [3.8, 4) is 0 Å². The van der Waals surface area contributed by atoms with E-state index < -0.39 is 0 Å². The number of nitrogens with zero attached hydrogens (tertiary/aromatic N) is 1. The number of hydrogen-bond acceptors (Lipinski definition) is 4. The molecule has 0 fully saturated rings. The van der Waals surface area contributed by atoms with Gasteiger partial charge in [0.05, 0.1) is 11.6 Å². The second-order valence-corrected chi connectivity index (χ2v) is 4.85. The van der Waals surface area contributed by atoms with Gasteiger partial charge in [0.15, 0.2) is 0 Å². The molecule has 1 unspecified atom stereocenters. The maximum Gasteiger partial charge on any atom is 0.0959 e. The molecule has 1 atom stereocenters. The van der Waals surface area contributed by atoms with Gasteiger partial charge in [0.2, 0.25) is 0 Å². The molecule has 0 aliphatic heterocycles. The molecule has 15 heavy (non-hydrogen) atoms. The third kappa shape index (κ3) is 4.20. The van der Waals surface area contributed by atoms with Gasteiger partial charge in [-0.05, 0) is 32.5 Å². The highest BCUT2D eigenvalue weighted by Gasteiger charge is 2.19. The summed E-state index contributed by atoms with van der Waals surface area (Å²) in [7, 11) is 1.88. The van der Waals surface area contributed by atoms with Gasteiger partial charge >= 0.3 is 0 Å². The van der Waals surface area contributed by atoms with Crippen LogP contribution in [0.15, 0.2) is 29.4 Å². The van der Waals surface area contributed by atoms with Gasteiger partial charge in [-0.3, -0.25) is 0 Å². The Morgan fingerprint density at radius 3 is 2.87 bits per heavy atom. The molecule has 0 aromatic carbocycles. The van der Waals surface area contributed by atoms with E-state index in [1.54, 1.807) is 18.0 Å². The molecule has 2 N–H and O–H groups in total. The zero-order valence-corrected chi connectivity index (χ0v) is 10.0. The molecule has 0 saturated heterocycles. The molecule has 0 aliphatic rings. The van der Waals surface area contributed by atoms with Crippen molar-refractivity contribution in [2.45, 2.75) is 23.9 Å². The van der Waals surface area contributed by atoms with Gasteiger partial charge in [-0.2, -0.15) is 0 Å². The van der Waals surface area contributed by atoms with Gasteiger partial charge in [-0.15, -0.1) is 11.8 Å². The van der Waals surface area contributed by atoms with E-state index in [9.17, 15) is 5.11 Å². The van der Waals surface area contributed by atoms with Gasteiger partial charge in [0.1, 0.15) is 0 Å². The van der Waals surface area contributed by atoms with Crippen LogP contribution in [-0.2, 0) is 0 Å². The van der Waals surface area contributed by atoms with Crippen LogP contribution in [0.3, 0.4) is 0 Å². The second kappa shape index (κ2) is 6.10. The molecule has 1 aromatic heterocycles. The smallest absolute Gasteiger partial charge is 0.0959 e. The molecule has 0 spiro atoms. The molecule has 0 radical (unpaired) electrons. The van der Waals surface area contributed by atoms with Gasteiger partial charge in [0.25, 0.3) is 0 Å². The molecule has 4 heteroatoms. The summed E-state index contributed by atoms with van der Waals surface area (Å²) in [6.07, 6.45) is 2.72. The van der Waals surface area contributed by atoms with Crippen molar-refractivity contribution >= 4 is 11.8 Å². The number of thioether (sulfide) groups is 1. The van der Waals surface area contributed by atoms with Crippen molar-refractivity contribution in [2.24, 2.45) is 0 Å². The van der Waals surface area contributed by atoms with Gasteiger partial charge in [-0.1, -0.05) is 6.07 Å². The Labute approximate surface area is 95.3 Å². The Kier molecular flexibility index (Phi) is 5.08. The van der Waals surface area contributed by atoms with Crippen molar-refractivity contribution < 1.29 is 5.11 Å². The zero-order chi connectivity index (χ0) is 11.1. The van der Waals surface area contributed by atoms with Crippen LogP contribution < -0.4 is 5.32 Å². The molecular formula is C11H18N2OS. The fraction of sp³-hybridized carbons (Fsp3) is 0.545. The Bertz CT molecular complexity index is 275. The van der Waals surface area contributed by atoms with E-state index in [0.717, 1.165) is 17.2 Å². The van der Waals surface area contributed by atoms with E-state index in [2.05, 4.69) is 10.3 Å². The quantitative estimate of drug-likeness (QED) is 0.722. The fourth-order valence-corrected chi connectivity index (χ4v) is 2.17. The first-order valence-corrected chi connectivity index (χ1v) is 6.02. The fourth-order valence-electron chi connectivity index (χ4n) is 1.10. The number of aliphatic hydroxyl groups excluding tert-OH is 1. The molecule has 0 bridgehead atoms. The summed E-state index contributed by atoms with van der Waals surface area (Å²) >= 11 is 1.72. The standard InChI is InChI=1S/C11H18N2OS/c1-11(9-14,12-2)6-8-15-10-5-3-4-7-13-10/h3-5,7,12,14H,6,8-9H2,1-2H3. The number of hydrogen-bond donors (Lipinski definition) is 2. The summed E-state index contributed by atoms with van der Waals surface area (Å²) in [5.74, 6) is 0.953. The summed E-state index contributed by atoms with van der Waals surface area (Å²) in [5.41, 5.74) is -0.179. The lowest BCUT2D eigenvalue weighted by atomic mass is 10.0. The summed E-state index contributed by atoms with van der Waals surface area (Å²) in [6, 6.07) is 5.90. The van der Waals surface area contributed by atoms with Crippen LogP contribution in [-0.4, -0.2) is 35.0 Å². The monoisotopic (exact) mass is 226 g/mol. The van der Waals surface area contributed by atoms with E-state index in [0.29, 0.717) is 0 Å². The number of likely N-dealkylation sites (N-methyl/N-ethyl adjacent to an activating group) is 1. The van der Waals surface area contributed by atoms with Crippen molar-refractivity contribution in [1.82, 2.24) is 10.3 Å². The Balaban J connectivity index is 2.33. The summed E-state index contributed by atoms with van der Waals surface area (Å²) in [4.78, 5) is 4.23. The van der Waals surface area contributed by atoms with Crippen molar-refractivity contribution in [1.29, 1.82) is 0 Å². The largest absolute Gasteiger partial charge is 0.394 e. The Hall–Kier alpha value is -0.580. The molecule has 0 aliphatic carbocycles. The van der Waals surface area contributed by atoms with Crippen LogP contribution in [0, 0.1) is 0 Å². The average molecular weight is 226 g/mol. The first-order valence-electron chi connectivity index (χ1n) is 5.04. The third-order valence-electron chi connectivity index (χ3n) is 2.49. The first-order chi connectivity index (χ1) is 7.20. The normalized spacial score (nSPS) is 14.9.